The second-order valence-electron chi connectivity index (χ2n) is 6.30. The van der Waals surface area contributed by atoms with E-state index in [-0.39, 0.29) is 30.1 Å². The molecule has 2 heterocycles. The highest BCUT2D eigenvalue weighted by molar-refractivity contribution is 5.92. The first-order valence-electron chi connectivity index (χ1n) is 8.80. The number of hydrogen-bond donors (Lipinski definition) is 0. The molecular weight excluding hydrogens is 339 g/mol. The molecular formula is C19H23FN2O4. The molecule has 1 aromatic carbocycles. The molecule has 1 aliphatic rings. The SMILES string of the molecule is COCC[C@H]1CCCCN1C(=O)c1coc(COc2ccc(F)cc2)n1. The summed E-state index contributed by atoms with van der Waals surface area (Å²) in [7, 11) is 1.67. The number of nitrogens with zero attached hydrogens (tertiary/aromatic N) is 2. The molecule has 0 unspecified atom stereocenters. The molecule has 0 aliphatic carbocycles. The molecule has 0 radical (unpaired) electrons. The van der Waals surface area contributed by atoms with Gasteiger partial charge in [0.1, 0.15) is 17.8 Å². The Morgan fingerprint density at radius 2 is 2.15 bits per heavy atom. The molecule has 0 N–H and O–H groups in total. The second kappa shape index (κ2) is 8.80. The van der Waals surface area contributed by atoms with Crippen LogP contribution in [0.2, 0.25) is 0 Å². The zero-order valence-corrected chi connectivity index (χ0v) is 14.8. The van der Waals surface area contributed by atoms with Gasteiger partial charge in [0.2, 0.25) is 5.89 Å². The number of benzene rings is 1. The van der Waals surface area contributed by atoms with E-state index in [2.05, 4.69) is 4.98 Å². The number of oxazole rings is 1. The quantitative estimate of drug-likeness (QED) is 0.755. The number of carbonyl (C=O) groups is 1. The van der Waals surface area contributed by atoms with Crippen LogP contribution in [0.25, 0.3) is 0 Å². The lowest BCUT2D eigenvalue weighted by molar-refractivity contribution is 0.0547. The molecule has 26 heavy (non-hydrogen) atoms. The number of aromatic nitrogens is 1. The average Bonchev–Trinajstić information content (AvgIpc) is 3.14. The van der Waals surface area contributed by atoms with Crippen molar-refractivity contribution in [2.24, 2.45) is 0 Å². The van der Waals surface area contributed by atoms with Crippen LogP contribution in [0.5, 0.6) is 5.75 Å². The number of rotatable bonds is 7. The van der Waals surface area contributed by atoms with Crippen molar-refractivity contribution >= 4 is 5.91 Å². The van der Waals surface area contributed by atoms with E-state index in [9.17, 15) is 9.18 Å². The maximum atomic E-state index is 12.9. The van der Waals surface area contributed by atoms with Gasteiger partial charge in [-0.25, -0.2) is 9.37 Å². The van der Waals surface area contributed by atoms with Crippen molar-refractivity contribution in [2.75, 3.05) is 20.3 Å². The van der Waals surface area contributed by atoms with E-state index in [4.69, 9.17) is 13.9 Å². The summed E-state index contributed by atoms with van der Waals surface area (Å²) in [5.74, 6) is 0.366. The molecule has 140 valence electrons. The van der Waals surface area contributed by atoms with Gasteiger partial charge >= 0.3 is 0 Å². The molecule has 1 aliphatic heterocycles. The van der Waals surface area contributed by atoms with Crippen LogP contribution in [-0.2, 0) is 11.3 Å². The predicted octanol–water partition coefficient (Wildman–Crippen LogP) is 3.42. The van der Waals surface area contributed by atoms with Gasteiger partial charge in [-0.1, -0.05) is 0 Å². The average molecular weight is 362 g/mol. The molecule has 1 saturated heterocycles. The van der Waals surface area contributed by atoms with Crippen molar-refractivity contribution in [3.8, 4) is 5.75 Å². The van der Waals surface area contributed by atoms with E-state index in [0.717, 1.165) is 32.2 Å². The van der Waals surface area contributed by atoms with Crippen LogP contribution in [0, 0.1) is 5.82 Å². The standard InChI is InChI=1S/C19H23FN2O4/c1-24-11-9-15-4-2-3-10-22(15)19(23)17-12-26-18(21-17)13-25-16-7-5-14(20)6-8-16/h5-8,12,15H,2-4,9-11,13H2,1H3/t15-/m1/s1. The Labute approximate surface area is 151 Å². The van der Waals surface area contributed by atoms with Gasteiger partial charge in [-0.05, 0) is 49.9 Å². The molecule has 0 saturated carbocycles. The minimum absolute atomic E-state index is 0.0754. The zero-order chi connectivity index (χ0) is 18.4. The highest BCUT2D eigenvalue weighted by Gasteiger charge is 2.29. The summed E-state index contributed by atoms with van der Waals surface area (Å²) in [4.78, 5) is 18.9. The van der Waals surface area contributed by atoms with E-state index in [1.54, 1.807) is 7.11 Å². The summed E-state index contributed by atoms with van der Waals surface area (Å²) in [6.07, 6.45) is 5.28. The topological polar surface area (TPSA) is 64.8 Å². The number of amides is 1. The van der Waals surface area contributed by atoms with Crippen LogP contribution in [0.15, 0.2) is 34.9 Å². The molecule has 1 atom stereocenters. The molecule has 1 fully saturated rings. The smallest absolute Gasteiger partial charge is 0.276 e. The van der Waals surface area contributed by atoms with Gasteiger partial charge in [-0.15, -0.1) is 0 Å². The lowest BCUT2D eigenvalue weighted by Gasteiger charge is -2.35. The third-order valence-electron chi connectivity index (χ3n) is 4.49. The molecule has 2 aromatic rings. The molecule has 1 aromatic heterocycles. The summed E-state index contributed by atoms with van der Waals surface area (Å²) in [5.41, 5.74) is 0.284. The van der Waals surface area contributed by atoms with Crippen LogP contribution < -0.4 is 4.74 Å². The Morgan fingerprint density at radius 3 is 2.92 bits per heavy atom. The second-order valence-corrected chi connectivity index (χ2v) is 6.30. The first-order chi connectivity index (χ1) is 12.7. The fourth-order valence-corrected chi connectivity index (χ4v) is 3.12. The molecule has 6 nitrogen and oxygen atoms in total. The van der Waals surface area contributed by atoms with E-state index >= 15 is 0 Å². The first-order valence-corrected chi connectivity index (χ1v) is 8.80. The van der Waals surface area contributed by atoms with Crippen LogP contribution >= 0.6 is 0 Å². The Morgan fingerprint density at radius 1 is 1.35 bits per heavy atom. The van der Waals surface area contributed by atoms with Gasteiger partial charge in [0, 0.05) is 26.3 Å². The van der Waals surface area contributed by atoms with Crippen LogP contribution in [0.3, 0.4) is 0 Å². The monoisotopic (exact) mass is 362 g/mol. The van der Waals surface area contributed by atoms with Crippen molar-refractivity contribution in [2.45, 2.75) is 38.3 Å². The van der Waals surface area contributed by atoms with E-state index in [1.807, 2.05) is 4.90 Å². The first kappa shape index (κ1) is 18.4. The van der Waals surface area contributed by atoms with Crippen LogP contribution in [0.1, 0.15) is 42.1 Å². The minimum atomic E-state index is -0.328. The summed E-state index contributed by atoms with van der Waals surface area (Å²) in [5, 5.41) is 0. The maximum Gasteiger partial charge on any atom is 0.276 e. The van der Waals surface area contributed by atoms with Gasteiger partial charge in [-0.2, -0.15) is 0 Å². The molecule has 3 rings (SSSR count). The van der Waals surface area contributed by atoms with Crippen molar-refractivity contribution in [3.63, 3.8) is 0 Å². The summed E-state index contributed by atoms with van der Waals surface area (Å²) < 4.78 is 28.9. The highest BCUT2D eigenvalue weighted by atomic mass is 19.1. The third kappa shape index (κ3) is 4.60. The van der Waals surface area contributed by atoms with Crippen molar-refractivity contribution in [1.82, 2.24) is 9.88 Å². The summed E-state index contributed by atoms with van der Waals surface area (Å²) in [6, 6.07) is 5.86. The Bertz CT molecular complexity index is 717. The van der Waals surface area contributed by atoms with Crippen LogP contribution in [0.4, 0.5) is 4.39 Å². The molecule has 1 amide bonds. The number of methoxy groups -OCH3 is 1. The van der Waals surface area contributed by atoms with E-state index in [0.29, 0.717) is 18.2 Å². The lowest BCUT2D eigenvalue weighted by atomic mass is 9.99. The van der Waals surface area contributed by atoms with Crippen LogP contribution in [-0.4, -0.2) is 42.1 Å². The van der Waals surface area contributed by atoms with Gasteiger partial charge in [0.05, 0.1) is 0 Å². The number of hydrogen-bond acceptors (Lipinski definition) is 5. The number of likely N-dealkylation sites (tertiary alicyclic amines) is 1. The number of carbonyl (C=O) groups excluding carboxylic acids is 1. The molecule has 7 heteroatoms. The Balaban J connectivity index is 1.60. The lowest BCUT2D eigenvalue weighted by Crippen LogP contribution is -2.44. The van der Waals surface area contributed by atoms with Gasteiger partial charge in [-0.3, -0.25) is 4.79 Å². The third-order valence-corrected chi connectivity index (χ3v) is 4.49. The number of ether oxygens (including phenoxy) is 2. The van der Waals surface area contributed by atoms with Crippen molar-refractivity contribution < 1.29 is 23.1 Å². The minimum Gasteiger partial charge on any atom is -0.484 e. The largest absolute Gasteiger partial charge is 0.484 e. The van der Waals surface area contributed by atoms with Gasteiger partial charge in [0.15, 0.2) is 12.3 Å². The Kier molecular flexibility index (Phi) is 6.22. The van der Waals surface area contributed by atoms with Crippen molar-refractivity contribution in [3.05, 3.63) is 47.9 Å². The highest BCUT2D eigenvalue weighted by Crippen LogP contribution is 2.22. The summed E-state index contributed by atoms with van der Waals surface area (Å²) in [6.45, 7) is 1.43. The molecule has 0 spiro atoms. The Hall–Kier alpha value is -2.41. The van der Waals surface area contributed by atoms with Gasteiger partial charge < -0.3 is 18.8 Å². The number of piperidine rings is 1. The predicted molar refractivity (Wildman–Crippen MR) is 92.4 cm³/mol. The number of halogens is 1. The normalized spacial score (nSPS) is 17.3. The fourth-order valence-electron chi connectivity index (χ4n) is 3.12. The maximum absolute atomic E-state index is 12.9. The fraction of sp³-hybridized carbons (Fsp3) is 0.474. The zero-order valence-electron chi connectivity index (χ0n) is 14.8. The van der Waals surface area contributed by atoms with E-state index < -0.39 is 0 Å². The summed E-state index contributed by atoms with van der Waals surface area (Å²) >= 11 is 0. The molecule has 0 bridgehead atoms. The van der Waals surface area contributed by atoms with Gasteiger partial charge in [0.25, 0.3) is 5.91 Å². The van der Waals surface area contributed by atoms with Crippen molar-refractivity contribution in [1.29, 1.82) is 0 Å². The van der Waals surface area contributed by atoms with E-state index in [1.165, 1.54) is 30.5 Å².